The topological polar surface area (TPSA) is 59.9 Å². The van der Waals surface area contributed by atoms with Crippen molar-refractivity contribution in [3.63, 3.8) is 0 Å². The van der Waals surface area contributed by atoms with Crippen LogP contribution in [0.2, 0.25) is 0 Å². The first kappa shape index (κ1) is 20.1. The number of nitrogens with zero attached hydrogens (tertiary/aromatic N) is 1. The molecule has 0 aliphatic carbocycles. The van der Waals surface area contributed by atoms with E-state index in [0.717, 1.165) is 16.7 Å². The van der Waals surface area contributed by atoms with Gasteiger partial charge in [0, 0.05) is 5.56 Å². The van der Waals surface area contributed by atoms with E-state index in [2.05, 4.69) is 10.5 Å². The maximum atomic E-state index is 13.0. The molecule has 3 aromatic rings. The minimum absolute atomic E-state index is 0.273. The molecule has 0 heterocycles. The van der Waals surface area contributed by atoms with Crippen LogP contribution in [0.1, 0.15) is 27.0 Å². The second-order valence-electron chi connectivity index (χ2n) is 6.34. The van der Waals surface area contributed by atoms with Gasteiger partial charge in [-0.3, -0.25) is 4.79 Å². The third-order valence-corrected chi connectivity index (χ3v) is 4.26. The van der Waals surface area contributed by atoms with Gasteiger partial charge in [0.25, 0.3) is 5.91 Å². The van der Waals surface area contributed by atoms with Gasteiger partial charge in [0.15, 0.2) is 11.5 Å². The Morgan fingerprint density at radius 2 is 1.83 bits per heavy atom. The normalized spacial score (nSPS) is 10.7. The molecule has 0 saturated carbocycles. The first-order valence-corrected chi connectivity index (χ1v) is 9.01. The molecule has 0 fully saturated rings. The molecule has 3 rings (SSSR count). The molecule has 0 aromatic heterocycles. The Labute approximate surface area is 168 Å². The van der Waals surface area contributed by atoms with Crippen LogP contribution in [0, 0.1) is 12.7 Å². The van der Waals surface area contributed by atoms with Gasteiger partial charge in [-0.1, -0.05) is 30.3 Å². The van der Waals surface area contributed by atoms with Crippen molar-refractivity contribution in [1.29, 1.82) is 0 Å². The summed E-state index contributed by atoms with van der Waals surface area (Å²) in [5.74, 6) is 0.522. The maximum absolute atomic E-state index is 13.0. The number of benzene rings is 3. The number of nitrogens with one attached hydrogen (secondary N) is 1. The van der Waals surface area contributed by atoms with Crippen LogP contribution in [0.4, 0.5) is 4.39 Å². The van der Waals surface area contributed by atoms with E-state index in [9.17, 15) is 9.18 Å². The molecule has 6 heteroatoms. The summed E-state index contributed by atoms with van der Waals surface area (Å²) < 4.78 is 24.1. The first-order chi connectivity index (χ1) is 14.1. The van der Waals surface area contributed by atoms with Crippen molar-refractivity contribution in [2.45, 2.75) is 13.5 Å². The predicted molar refractivity (Wildman–Crippen MR) is 110 cm³/mol. The Bertz CT molecular complexity index is 1020. The van der Waals surface area contributed by atoms with Crippen molar-refractivity contribution in [2.24, 2.45) is 5.10 Å². The summed E-state index contributed by atoms with van der Waals surface area (Å²) in [5, 5.41) is 4.01. The zero-order valence-electron chi connectivity index (χ0n) is 16.2. The molecule has 0 radical (unpaired) electrons. The van der Waals surface area contributed by atoms with Gasteiger partial charge in [-0.15, -0.1) is 0 Å². The average Bonchev–Trinajstić information content (AvgIpc) is 2.74. The number of carbonyl (C=O) groups excluding carboxylic acids is 1. The molecule has 1 N–H and O–H groups in total. The van der Waals surface area contributed by atoms with Gasteiger partial charge in [-0.25, -0.2) is 9.82 Å². The van der Waals surface area contributed by atoms with Crippen LogP contribution in [0.15, 0.2) is 71.8 Å². The molecule has 0 aliphatic rings. The molecule has 0 bridgehead atoms. The highest BCUT2D eigenvalue weighted by Crippen LogP contribution is 2.28. The molecule has 0 aliphatic heterocycles. The Hall–Kier alpha value is -3.67. The number of carbonyl (C=O) groups is 1. The fourth-order valence-corrected chi connectivity index (χ4v) is 2.68. The largest absolute Gasteiger partial charge is 0.493 e. The first-order valence-electron chi connectivity index (χ1n) is 9.01. The number of amides is 1. The van der Waals surface area contributed by atoms with E-state index in [4.69, 9.17) is 9.47 Å². The molecule has 5 nitrogen and oxygen atoms in total. The van der Waals surface area contributed by atoms with Crippen LogP contribution in [-0.2, 0) is 6.61 Å². The fourth-order valence-electron chi connectivity index (χ4n) is 2.68. The highest BCUT2D eigenvalue weighted by Gasteiger charge is 2.08. The summed E-state index contributed by atoms with van der Waals surface area (Å²) in [5.41, 5.74) is 5.56. The van der Waals surface area contributed by atoms with Gasteiger partial charge in [0.2, 0.25) is 0 Å². The molecule has 3 aromatic carbocycles. The number of methoxy groups -OCH3 is 1. The summed E-state index contributed by atoms with van der Waals surface area (Å²) in [7, 11) is 1.54. The second kappa shape index (κ2) is 9.50. The fraction of sp³-hybridized carbons (Fsp3) is 0.130. The van der Waals surface area contributed by atoms with Crippen molar-refractivity contribution < 1.29 is 18.7 Å². The van der Waals surface area contributed by atoms with E-state index >= 15 is 0 Å². The quantitative estimate of drug-likeness (QED) is 0.476. The highest BCUT2D eigenvalue weighted by atomic mass is 19.1. The second-order valence-corrected chi connectivity index (χ2v) is 6.34. The van der Waals surface area contributed by atoms with E-state index in [-0.39, 0.29) is 18.3 Å². The lowest BCUT2D eigenvalue weighted by Crippen LogP contribution is -2.18. The molecule has 0 atom stereocenters. The molecular formula is C23H21FN2O3. The molecule has 0 unspecified atom stereocenters. The van der Waals surface area contributed by atoms with Gasteiger partial charge >= 0.3 is 0 Å². The number of ether oxygens (including phenoxy) is 2. The minimum atomic E-state index is -0.288. The van der Waals surface area contributed by atoms with Crippen LogP contribution >= 0.6 is 0 Å². The van der Waals surface area contributed by atoms with Crippen molar-refractivity contribution in [2.75, 3.05) is 7.11 Å². The highest BCUT2D eigenvalue weighted by molar-refractivity contribution is 5.96. The van der Waals surface area contributed by atoms with Crippen molar-refractivity contribution >= 4 is 12.1 Å². The lowest BCUT2D eigenvalue weighted by Gasteiger charge is -2.11. The van der Waals surface area contributed by atoms with Crippen molar-refractivity contribution in [3.8, 4) is 11.5 Å². The van der Waals surface area contributed by atoms with Gasteiger partial charge in [0.1, 0.15) is 12.4 Å². The SMILES string of the molecule is COc1cc(/C=N/NC(=O)c2ccccc2C)ccc1OCc1ccc(F)cc1. The lowest BCUT2D eigenvalue weighted by molar-refractivity contribution is 0.0954. The minimum Gasteiger partial charge on any atom is -0.493 e. The Morgan fingerprint density at radius 1 is 1.07 bits per heavy atom. The van der Waals surface area contributed by atoms with Crippen LogP contribution in [0.5, 0.6) is 11.5 Å². The number of hydrogen-bond acceptors (Lipinski definition) is 4. The number of aryl methyl sites for hydroxylation is 1. The Kier molecular flexibility index (Phi) is 6.58. The van der Waals surface area contributed by atoms with E-state index in [1.807, 2.05) is 19.1 Å². The number of hydrogen-bond donors (Lipinski definition) is 1. The molecular weight excluding hydrogens is 371 g/mol. The Morgan fingerprint density at radius 3 is 2.55 bits per heavy atom. The van der Waals surface area contributed by atoms with Crippen LogP contribution < -0.4 is 14.9 Å². The Balaban J connectivity index is 1.63. The van der Waals surface area contributed by atoms with Crippen molar-refractivity contribution in [1.82, 2.24) is 5.43 Å². The van der Waals surface area contributed by atoms with Crippen LogP contribution in [-0.4, -0.2) is 19.2 Å². The van der Waals surface area contributed by atoms with Gasteiger partial charge in [-0.2, -0.15) is 5.10 Å². The lowest BCUT2D eigenvalue weighted by atomic mass is 10.1. The summed E-state index contributed by atoms with van der Waals surface area (Å²) in [6, 6.07) is 18.7. The number of halogens is 1. The van der Waals surface area contributed by atoms with E-state index in [1.54, 1.807) is 49.6 Å². The maximum Gasteiger partial charge on any atom is 0.271 e. The third-order valence-electron chi connectivity index (χ3n) is 4.26. The molecule has 0 spiro atoms. The molecule has 29 heavy (non-hydrogen) atoms. The van der Waals surface area contributed by atoms with Crippen LogP contribution in [0.3, 0.4) is 0 Å². The van der Waals surface area contributed by atoms with Crippen molar-refractivity contribution in [3.05, 3.63) is 94.8 Å². The number of hydrazone groups is 1. The number of rotatable bonds is 7. The smallest absolute Gasteiger partial charge is 0.271 e. The zero-order valence-corrected chi connectivity index (χ0v) is 16.2. The van der Waals surface area contributed by atoms with E-state index < -0.39 is 0 Å². The van der Waals surface area contributed by atoms with E-state index in [0.29, 0.717) is 17.1 Å². The van der Waals surface area contributed by atoms with Gasteiger partial charge in [0.05, 0.1) is 13.3 Å². The van der Waals surface area contributed by atoms with Crippen LogP contribution in [0.25, 0.3) is 0 Å². The summed E-state index contributed by atoms with van der Waals surface area (Å²) >= 11 is 0. The summed E-state index contributed by atoms with van der Waals surface area (Å²) in [4.78, 5) is 12.2. The monoisotopic (exact) mass is 392 g/mol. The molecule has 1 amide bonds. The summed E-state index contributed by atoms with van der Waals surface area (Å²) in [6.45, 7) is 2.16. The zero-order chi connectivity index (χ0) is 20.6. The standard InChI is InChI=1S/C23H21FN2O3/c1-16-5-3-4-6-20(16)23(27)26-25-14-18-9-12-21(22(13-18)28-2)29-15-17-7-10-19(24)11-8-17/h3-14H,15H2,1-2H3,(H,26,27)/b25-14+. The summed E-state index contributed by atoms with van der Waals surface area (Å²) in [6.07, 6.45) is 1.53. The average molecular weight is 392 g/mol. The van der Waals surface area contributed by atoms with Gasteiger partial charge < -0.3 is 9.47 Å². The predicted octanol–water partition coefficient (Wildman–Crippen LogP) is 4.49. The van der Waals surface area contributed by atoms with E-state index in [1.165, 1.54) is 18.3 Å². The van der Waals surface area contributed by atoms with Gasteiger partial charge in [-0.05, 0) is 60.0 Å². The molecule has 0 saturated heterocycles. The third kappa shape index (κ3) is 5.42. The molecule has 148 valence electrons.